The Balaban J connectivity index is 2.82. The highest BCUT2D eigenvalue weighted by Crippen LogP contribution is 2.26. The van der Waals surface area contributed by atoms with E-state index in [1.165, 1.54) is 0 Å². The van der Waals surface area contributed by atoms with Crippen molar-refractivity contribution in [2.24, 2.45) is 5.92 Å². The van der Waals surface area contributed by atoms with Crippen LogP contribution in [0.3, 0.4) is 0 Å². The summed E-state index contributed by atoms with van der Waals surface area (Å²) in [4.78, 5) is 11.4. The quantitative estimate of drug-likeness (QED) is 0.752. The zero-order valence-corrected chi connectivity index (χ0v) is 11.1. The molecular formula is C15H20O3. The Morgan fingerprint density at radius 3 is 2.72 bits per heavy atom. The smallest absolute Gasteiger partial charge is 0.311 e. The lowest BCUT2D eigenvalue weighted by Crippen LogP contribution is -2.17. The highest BCUT2D eigenvalue weighted by molar-refractivity contribution is 5.75. The van der Waals surface area contributed by atoms with Gasteiger partial charge in [0.05, 0.1) is 11.7 Å². The fraction of sp³-hybridized carbons (Fsp3) is 0.400. The van der Waals surface area contributed by atoms with Gasteiger partial charge in [-0.2, -0.15) is 0 Å². The van der Waals surface area contributed by atoms with Crippen LogP contribution >= 0.6 is 0 Å². The van der Waals surface area contributed by atoms with Gasteiger partial charge in [-0.05, 0) is 44.9 Å². The third-order valence-electron chi connectivity index (χ3n) is 2.84. The minimum absolute atomic E-state index is 0.393. The van der Waals surface area contributed by atoms with Crippen LogP contribution in [0.4, 0.5) is 0 Å². The first-order valence-corrected chi connectivity index (χ1v) is 6.13. The standard InChI is InChI=1S/C15H20O3/c1-4-7-12(5-2)14(15(16)17)10-13-9-6-8-11(3)18-13/h4-5,7-9,14H,6,10H2,1-3H3,(H,16,17)/b7-4-,12-5+. The van der Waals surface area contributed by atoms with E-state index in [0.717, 1.165) is 23.5 Å². The van der Waals surface area contributed by atoms with E-state index in [-0.39, 0.29) is 0 Å². The molecule has 0 saturated heterocycles. The fourth-order valence-corrected chi connectivity index (χ4v) is 1.93. The van der Waals surface area contributed by atoms with E-state index < -0.39 is 11.9 Å². The molecular weight excluding hydrogens is 228 g/mol. The number of carboxylic acids is 1. The maximum Gasteiger partial charge on any atom is 0.311 e. The van der Waals surface area contributed by atoms with Gasteiger partial charge < -0.3 is 9.84 Å². The van der Waals surface area contributed by atoms with Gasteiger partial charge in [0.15, 0.2) is 0 Å². The van der Waals surface area contributed by atoms with Crippen molar-refractivity contribution in [3.8, 4) is 0 Å². The van der Waals surface area contributed by atoms with Crippen LogP contribution in [0, 0.1) is 5.92 Å². The van der Waals surface area contributed by atoms with Crippen LogP contribution in [0.5, 0.6) is 0 Å². The van der Waals surface area contributed by atoms with Gasteiger partial charge >= 0.3 is 5.97 Å². The molecule has 1 atom stereocenters. The molecule has 1 unspecified atom stereocenters. The molecule has 0 fully saturated rings. The van der Waals surface area contributed by atoms with Crippen molar-refractivity contribution < 1.29 is 14.6 Å². The summed E-state index contributed by atoms with van der Waals surface area (Å²) in [5.74, 6) is 0.206. The Morgan fingerprint density at radius 1 is 1.50 bits per heavy atom. The minimum Gasteiger partial charge on any atom is -0.481 e. The molecule has 98 valence electrons. The number of allylic oxidation sites excluding steroid dienone is 7. The third kappa shape index (κ3) is 3.91. The lowest BCUT2D eigenvalue weighted by molar-refractivity contribution is -0.140. The summed E-state index contributed by atoms with van der Waals surface area (Å²) in [7, 11) is 0. The highest BCUT2D eigenvalue weighted by Gasteiger charge is 2.23. The Bertz CT molecular complexity index is 425. The van der Waals surface area contributed by atoms with Gasteiger partial charge in [0.1, 0.15) is 5.76 Å². The van der Waals surface area contributed by atoms with Gasteiger partial charge in [-0.15, -0.1) is 0 Å². The SMILES string of the molecule is C/C=C\C(=C/C)C(CC1=CCC=C(C)O1)C(=O)O. The van der Waals surface area contributed by atoms with Crippen LogP contribution in [0.1, 0.15) is 33.6 Å². The second kappa shape index (κ2) is 6.84. The monoisotopic (exact) mass is 248 g/mol. The molecule has 0 aliphatic carbocycles. The summed E-state index contributed by atoms with van der Waals surface area (Å²) in [6.07, 6.45) is 10.6. The molecule has 0 aromatic rings. The van der Waals surface area contributed by atoms with Crippen LogP contribution in [0.2, 0.25) is 0 Å². The van der Waals surface area contributed by atoms with Crippen molar-refractivity contribution in [1.82, 2.24) is 0 Å². The summed E-state index contributed by atoms with van der Waals surface area (Å²) in [5, 5.41) is 9.33. The molecule has 3 nitrogen and oxygen atoms in total. The predicted octanol–water partition coefficient (Wildman–Crippen LogP) is 3.81. The van der Waals surface area contributed by atoms with Gasteiger partial charge in [0.2, 0.25) is 0 Å². The third-order valence-corrected chi connectivity index (χ3v) is 2.84. The summed E-state index contributed by atoms with van der Waals surface area (Å²) < 4.78 is 5.55. The first-order chi connectivity index (χ1) is 8.58. The van der Waals surface area contributed by atoms with Crippen LogP contribution in [0.15, 0.2) is 47.5 Å². The number of carbonyl (C=O) groups is 1. The maximum atomic E-state index is 11.4. The molecule has 3 heteroatoms. The van der Waals surface area contributed by atoms with Crippen LogP contribution in [-0.4, -0.2) is 11.1 Å². The lowest BCUT2D eigenvalue weighted by atomic mass is 9.93. The lowest BCUT2D eigenvalue weighted by Gasteiger charge is -2.19. The summed E-state index contributed by atoms with van der Waals surface area (Å²) in [6, 6.07) is 0. The first kappa shape index (κ1) is 14.3. The minimum atomic E-state index is -0.821. The zero-order chi connectivity index (χ0) is 13.5. The Hall–Kier alpha value is -1.77. The van der Waals surface area contributed by atoms with Crippen molar-refractivity contribution in [2.45, 2.75) is 33.6 Å². The molecule has 0 aromatic carbocycles. The molecule has 0 amide bonds. The predicted molar refractivity (Wildman–Crippen MR) is 71.9 cm³/mol. The molecule has 0 saturated carbocycles. The fourth-order valence-electron chi connectivity index (χ4n) is 1.93. The summed E-state index contributed by atoms with van der Waals surface area (Å²) in [5.41, 5.74) is 0.807. The summed E-state index contributed by atoms with van der Waals surface area (Å²) >= 11 is 0. The first-order valence-electron chi connectivity index (χ1n) is 6.13. The largest absolute Gasteiger partial charge is 0.481 e. The molecule has 18 heavy (non-hydrogen) atoms. The molecule has 1 heterocycles. The molecule has 0 radical (unpaired) electrons. The molecule has 1 aliphatic heterocycles. The highest BCUT2D eigenvalue weighted by atomic mass is 16.5. The van der Waals surface area contributed by atoms with E-state index in [1.54, 1.807) is 0 Å². The van der Waals surface area contributed by atoms with E-state index in [1.807, 2.05) is 51.2 Å². The number of carboxylic acid groups (broad SMARTS) is 1. The van der Waals surface area contributed by atoms with E-state index >= 15 is 0 Å². The Kier molecular flexibility index (Phi) is 5.43. The van der Waals surface area contributed by atoms with Crippen molar-refractivity contribution in [2.75, 3.05) is 0 Å². The zero-order valence-electron chi connectivity index (χ0n) is 11.1. The van der Waals surface area contributed by atoms with E-state index in [2.05, 4.69) is 0 Å². The number of rotatable bonds is 5. The second-order valence-electron chi connectivity index (χ2n) is 4.21. The molecule has 1 aliphatic rings. The molecule has 0 aromatic heterocycles. The van der Waals surface area contributed by atoms with Gasteiger partial charge in [-0.1, -0.05) is 18.2 Å². The van der Waals surface area contributed by atoms with Crippen molar-refractivity contribution in [3.63, 3.8) is 0 Å². The second-order valence-corrected chi connectivity index (χ2v) is 4.21. The summed E-state index contributed by atoms with van der Waals surface area (Å²) in [6.45, 7) is 5.61. The van der Waals surface area contributed by atoms with Crippen molar-refractivity contribution in [1.29, 1.82) is 0 Å². The van der Waals surface area contributed by atoms with Crippen LogP contribution < -0.4 is 0 Å². The van der Waals surface area contributed by atoms with Crippen molar-refractivity contribution in [3.05, 3.63) is 47.5 Å². The molecule has 1 N–H and O–H groups in total. The van der Waals surface area contributed by atoms with Gasteiger partial charge in [0.25, 0.3) is 0 Å². The number of hydrogen-bond acceptors (Lipinski definition) is 2. The van der Waals surface area contributed by atoms with E-state index in [0.29, 0.717) is 6.42 Å². The average Bonchev–Trinajstić information content (AvgIpc) is 2.33. The molecule has 0 spiro atoms. The maximum absolute atomic E-state index is 11.4. The average molecular weight is 248 g/mol. The van der Waals surface area contributed by atoms with Crippen LogP contribution in [0.25, 0.3) is 0 Å². The molecule has 1 rings (SSSR count). The Morgan fingerprint density at radius 2 is 2.22 bits per heavy atom. The van der Waals surface area contributed by atoms with Gasteiger partial charge in [0, 0.05) is 6.42 Å². The van der Waals surface area contributed by atoms with Gasteiger partial charge in [-0.3, -0.25) is 4.79 Å². The topological polar surface area (TPSA) is 46.5 Å². The van der Waals surface area contributed by atoms with Gasteiger partial charge in [-0.25, -0.2) is 0 Å². The normalized spacial score (nSPS) is 18.1. The van der Waals surface area contributed by atoms with E-state index in [4.69, 9.17) is 4.74 Å². The number of ether oxygens (including phenoxy) is 1. The molecule has 0 bridgehead atoms. The van der Waals surface area contributed by atoms with Crippen LogP contribution in [-0.2, 0) is 9.53 Å². The Labute approximate surface area is 108 Å². The van der Waals surface area contributed by atoms with Crippen molar-refractivity contribution >= 4 is 5.97 Å². The number of hydrogen-bond donors (Lipinski definition) is 1. The van der Waals surface area contributed by atoms with E-state index in [9.17, 15) is 9.90 Å². The number of aliphatic carboxylic acids is 1.